The van der Waals surface area contributed by atoms with Crippen molar-refractivity contribution in [1.82, 2.24) is 0 Å². The maximum absolute atomic E-state index is 11.1. The average Bonchev–Trinajstić information content (AvgIpc) is 2.72. The predicted octanol–water partition coefficient (Wildman–Crippen LogP) is 4.13. The molecule has 32 heavy (non-hydrogen) atoms. The van der Waals surface area contributed by atoms with E-state index >= 15 is 0 Å². The van der Waals surface area contributed by atoms with Crippen LogP contribution in [0.5, 0.6) is 17.2 Å². The lowest BCUT2D eigenvalue weighted by Gasteiger charge is -2.13. The number of rotatable bonds is 3. The third kappa shape index (κ3) is 4.70. The number of halogens is 1. The summed E-state index contributed by atoms with van der Waals surface area (Å²) in [4.78, 5) is 27.5. The van der Waals surface area contributed by atoms with Crippen LogP contribution in [-0.2, 0) is 4.42 Å². The van der Waals surface area contributed by atoms with E-state index < -0.39 is 37.6 Å². The number of nitrogens with zero attached hydrogens (tertiary/aromatic N) is 3. The Balaban J connectivity index is 0.000000181. The lowest BCUT2D eigenvalue weighted by molar-refractivity contribution is -0.420. The average molecular weight is 462 g/mol. The summed E-state index contributed by atoms with van der Waals surface area (Å²) in [6.07, 6.45) is 6.04. The first-order valence-electron chi connectivity index (χ1n) is 8.77. The molecule has 0 N–H and O–H groups in total. The van der Waals surface area contributed by atoms with Crippen LogP contribution in [0.4, 0.5) is 17.1 Å². The van der Waals surface area contributed by atoms with Crippen LogP contribution >= 0.6 is 11.6 Å². The molecule has 1 aliphatic heterocycles. The smallest absolute Gasteiger partial charge is 0.397 e. The third-order valence-corrected chi connectivity index (χ3v) is 4.43. The normalized spacial score (nSPS) is 15.6. The number of nitro benzene ring substituents is 3. The molecule has 0 aromatic heterocycles. The second kappa shape index (κ2) is 8.81. The molecule has 4 rings (SSSR count). The van der Waals surface area contributed by atoms with E-state index in [1.165, 1.54) is 0 Å². The van der Waals surface area contributed by atoms with E-state index in [0.29, 0.717) is 34.6 Å². The molecule has 2 aliphatic rings. The summed E-state index contributed by atoms with van der Waals surface area (Å²) in [5.41, 5.74) is -3.26. The fourth-order valence-electron chi connectivity index (χ4n) is 2.71. The molecule has 0 bridgehead atoms. The summed E-state index contributed by atoms with van der Waals surface area (Å²) in [7, 11) is 0. The van der Waals surface area contributed by atoms with Crippen LogP contribution < -0.4 is 9.84 Å². The van der Waals surface area contributed by atoms with Crippen molar-refractivity contribution in [3.8, 4) is 17.2 Å². The minimum Gasteiger partial charge on any atom is -0.863 e. The van der Waals surface area contributed by atoms with E-state index in [9.17, 15) is 35.4 Å². The van der Waals surface area contributed by atoms with Crippen molar-refractivity contribution < 1.29 is 29.0 Å². The van der Waals surface area contributed by atoms with E-state index in [1.54, 1.807) is 12.1 Å². The molecule has 0 radical (unpaired) electrons. The number of non-ortho nitro benzene ring substituents is 1. The summed E-state index contributed by atoms with van der Waals surface area (Å²) in [5, 5.41) is 42.7. The van der Waals surface area contributed by atoms with Gasteiger partial charge in [-0.2, -0.15) is 4.42 Å². The zero-order chi connectivity index (χ0) is 23.6. The number of hydrogen-bond acceptors (Lipinski definition) is 8. The van der Waals surface area contributed by atoms with Crippen molar-refractivity contribution in [1.29, 1.82) is 0 Å². The van der Waals surface area contributed by atoms with E-state index in [0.717, 1.165) is 11.5 Å². The number of hydrogen-bond donors (Lipinski definition) is 0. The number of benzene rings is 2. The largest absolute Gasteiger partial charge is 0.863 e. The quantitative estimate of drug-likeness (QED) is 0.372. The first-order valence-corrected chi connectivity index (χ1v) is 9.15. The van der Waals surface area contributed by atoms with Crippen molar-refractivity contribution in [2.45, 2.75) is 6.92 Å². The Morgan fingerprint density at radius 1 is 1.00 bits per heavy atom. The minimum atomic E-state index is -1.46. The summed E-state index contributed by atoms with van der Waals surface area (Å²) >= 11 is 5.90. The molecule has 12 nitrogen and oxygen atoms in total. The lowest BCUT2D eigenvalue weighted by atomic mass is 10.0. The number of allylic oxidation sites excluding steroid dienone is 3. The Bertz CT molecular complexity index is 1200. The van der Waals surface area contributed by atoms with Gasteiger partial charge in [0, 0.05) is 6.08 Å². The van der Waals surface area contributed by atoms with Crippen LogP contribution in [0.2, 0.25) is 5.02 Å². The van der Waals surface area contributed by atoms with Gasteiger partial charge in [-0.1, -0.05) is 24.6 Å². The Hall–Kier alpha value is -4.32. The molecule has 164 valence electrons. The van der Waals surface area contributed by atoms with E-state index in [4.69, 9.17) is 20.8 Å². The van der Waals surface area contributed by atoms with Gasteiger partial charge in [0.05, 0.1) is 43.7 Å². The molecule has 0 amide bonds. The van der Waals surface area contributed by atoms with Crippen LogP contribution in [0.3, 0.4) is 0 Å². The van der Waals surface area contributed by atoms with Gasteiger partial charge in [0.25, 0.3) is 17.1 Å². The maximum Gasteiger partial charge on any atom is 0.397 e. The highest BCUT2D eigenvalue weighted by Crippen LogP contribution is 2.37. The van der Waals surface area contributed by atoms with Gasteiger partial charge in [0.1, 0.15) is 0 Å². The molecular formula is C19H12ClN3O9. The van der Waals surface area contributed by atoms with Gasteiger partial charge >= 0.3 is 11.5 Å². The third-order valence-electron chi connectivity index (χ3n) is 4.19. The van der Waals surface area contributed by atoms with Crippen LogP contribution in [0.15, 0.2) is 54.3 Å². The van der Waals surface area contributed by atoms with Crippen molar-refractivity contribution in [2.24, 2.45) is 5.92 Å². The minimum absolute atomic E-state index is 0.371. The summed E-state index contributed by atoms with van der Waals surface area (Å²) < 4.78 is 11.5. The zero-order valence-electron chi connectivity index (χ0n) is 16.1. The second-order valence-corrected chi connectivity index (χ2v) is 6.93. The molecule has 0 saturated heterocycles. The topological polar surface area (TPSA) is 173 Å². The molecule has 1 unspecified atom stereocenters. The monoisotopic (exact) mass is 461 g/mol. The zero-order valence-corrected chi connectivity index (χ0v) is 16.8. The van der Waals surface area contributed by atoms with Crippen LogP contribution in [0.1, 0.15) is 6.92 Å². The van der Waals surface area contributed by atoms with Gasteiger partial charge in [0.15, 0.2) is 0 Å². The van der Waals surface area contributed by atoms with Crippen molar-refractivity contribution in [2.75, 3.05) is 0 Å². The van der Waals surface area contributed by atoms with Crippen molar-refractivity contribution in [3.63, 3.8) is 0 Å². The highest BCUT2D eigenvalue weighted by Gasteiger charge is 2.32. The van der Waals surface area contributed by atoms with Gasteiger partial charge in [-0.25, -0.2) is 0 Å². The highest BCUT2D eigenvalue weighted by atomic mass is 35.5. The maximum atomic E-state index is 11.1. The number of fused-ring (bicyclic) bond motifs is 2. The van der Waals surface area contributed by atoms with Crippen molar-refractivity contribution >= 4 is 34.4 Å². The Morgan fingerprint density at radius 3 is 2.19 bits per heavy atom. The first kappa shape index (κ1) is 22.4. The SMILES string of the molecule is CC1C=CC2=[O+]c3cc(Cl)ccc3OC2=C1.O=[N+]([O-])c1cc([N+](=O)[O-])c([O-])c([N+](=O)[O-])c1. The van der Waals surface area contributed by atoms with Crippen LogP contribution in [0, 0.1) is 36.3 Å². The standard InChI is InChI=1S/C13H10ClO2.C6H3N3O7/c1-8-2-4-10-12(6-8)15-11-5-3-9(14)7-13(11)16-10;10-6-4(8(13)14)1-3(7(11)12)2-5(6)9(15)16/h2-8H,1H3;1-2,10H/q+1;/p-1. The fraction of sp³-hybridized carbons (Fsp3) is 0.105. The molecule has 0 saturated carbocycles. The first-order chi connectivity index (χ1) is 15.1. The molecule has 2 aromatic rings. The Morgan fingerprint density at radius 2 is 1.62 bits per heavy atom. The molecule has 2 aromatic carbocycles. The summed E-state index contributed by atoms with van der Waals surface area (Å²) in [6, 6.07) is 6.13. The number of nitro groups is 3. The van der Waals surface area contributed by atoms with Gasteiger partial charge < -0.3 is 9.84 Å². The van der Waals surface area contributed by atoms with E-state index in [1.807, 2.05) is 18.2 Å². The molecule has 0 fully saturated rings. The van der Waals surface area contributed by atoms with E-state index in [-0.39, 0.29) is 0 Å². The molecule has 1 heterocycles. The second-order valence-electron chi connectivity index (χ2n) is 6.49. The molecule has 13 heteroatoms. The van der Waals surface area contributed by atoms with Crippen LogP contribution in [0.25, 0.3) is 0 Å². The molecule has 1 aliphatic carbocycles. The van der Waals surface area contributed by atoms with Gasteiger partial charge in [-0.3, -0.25) is 30.3 Å². The molecule has 1 atom stereocenters. The van der Waals surface area contributed by atoms with E-state index in [2.05, 4.69) is 13.0 Å². The lowest BCUT2D eigenvalue weighted by Crippen LogP contribution is -2.16. The van der Waals surface area contributed by atoms with Gasteiger partial charge in [0.2, 0.25) is 11.5 Å². The number of carbonyl (C=O) groups excluding carboxylic acids is 1. The number of ketones is 1. The van der Waals surface area contributed by atoms with Gasteiger partial charge in [-0.15, -0.1) is 0 Å². The van der Waals surface area contributed by atoms with Gasteiger partial charge in [-0.05, 0) is 24.1 Å². The number of ether oxygens (including phenoxy) is 1. The Labute approximate surface area is 183 Å². The summed E-state index contributed by atoms with van der Waals surface area (Å²) in [6.45, 7) is 2.10. The van der Waals surface area contributed by atoms with Crippen molar-refractivity contribution in [3.05, 3.63) is 89.7 Å². The summed E-state index contributed by atoms with van der Waals surface area (Å²) in [5.74, 6) is 1.82. The fourth-order valence-corrected chi connectivity index (χ4v) is 2.87. The van der Waals surface area contributed by atoms with Crippen LogP contribution in [-0.4, -0.2) is 20.6 Å². The predicted molar refractivity (Wildman–Crippen MR) is 109 cm³/mol. The molecule has 0 spiro atoms. The molecular weight excluding hydrogens is 450 g/mol. The Kier molecular flexibility index (Phi) is 6.16. The highest BCUT2D eigenvalue weighted by molar-refractivity contribution is 6.30.